The molecule has 1 heterocycles. The predicted octanol–water partition coefficient (Wildman–Crippen LogP) is 3.46. The maximum Gasteiger partial charge on any atom is 0.322 e. The highest BCUT2D eigenvalue weighted by molar-refractivity contribution is 6.30. The first-order valence-electron chi connectivity index (χ1n) is 7.28. The average Bonchev–Trinajstić information content (AvgIpc) is 3.08. The number of amides is 1. The molecular formula is C16H11ClN4O5. The molecule has 1 N–H and O–H groups in total. The van der Waals surface area contributed by atoms with E-state index in [1.807, 2.05) is 0 Å². The van der Waals surface area contributed by atoms with Gasteiger partial charge in [-0.05, 0) is 30.3 Å². The summed E-state index contributed by atoms with van der Waals surface area (Å²) in [6.07, 6.45) is 0. The minimum absolute atomic E-state index is 0.0505. The van der Waals surface area contributed by atoms with E-state index in [2.05, 4.69) is 15.5 Å². The number of ether oxygens (including phenoxy) is 1. The lowest BCUT2D eigenvalue weighted by molar-refractivity contribution is -0.386. The van der Waals surface area contributed by atoms with Crippen LogP contribution in [0.25, 0.3) is 0 Å². The lowest BCUT2D eigenvalue weighted by atomic mass is 10.2. The quantitative estimate of drug-likeness (QED) is 0.518. The molecule has 2 aromatic carbocycles. The number of hydrogen-bond donors (Lipinski definition) is 1. The molecule has 0 spiro atoms. The third-order valence-corrected chi connectivity index (χ3v) is 3.46. The van der Waals surface area contributed by atoms with E-state index in [-0.39, 0.29) is 29.9 Å². The molecule has 0 radical (unpaired) electrons. The van der Waals surface area contributed by atoms with Crippen LogP contribution in [0.5, 0.6) is 5.75 Å². The topological polar surface area (TPSA) is 120 Å². The zero-order valence-corrected chi connectivity index (χ0v) is 13.8. The summed E-state index contributed by atoms with van der Waals surface area (Å²) < 4.78 is 10.6. The number of para-hydroxylation sites is 2. The Kier molecular flexibility index (Phi) is 5.09. The van der Waals surface area contributed by atoms with E-state index in [1.165, 1.54) is 18.2 Å². The minimum Gasteiger partial charge on any atom is -0.477 e. The molecule has 26 heavy (non-hydrogen) atoms. The van der Waals surface area contributed by atoms with Crippen LogP contribution in [0.4, 0.5) is 11.7 Å². The summed E-state index contributed by atoms with van der Waals surface area (Å²) >= 11 is 5.77. The average molecular weight is 375 g/mol. The number of hydrogen-bond acceptors (Lipinski definition) is 7. The van der Waals surface area contributed by atoms with Crippen LogP contribution >= 0.6 is 11.6 Å². The number of carbonyl (C=O) groups excluding carboxylic acids is 1. The molecule has 1 aromatic heterocycles. The van der Waals surface area contributed by atoms with Gasteiger partial charge < -0.3 is 9.15 Å². The van der Waals surface area contributed by atoms with E-state index in [9.17, 15) is 14.9 Å². The summed E-state index contributed by atoms with van der Waals surface area (Å²) in [5.74, 6) is -0.325. The normalized spacial score (nSPS) is 10.3. The molecule has 3 aromatic rings. The number of nitro groups is 1. The number of aromatic nitrogens is 2. The van der Waals surface area contributed by atoms with Gasteiger partial charge in [-0.25, -0.2) is 0 Å². The summed E-state index contributed by atoms with van der Waals surface area (Å²) in [5.41, 5.74) is 0.189. The zero-order valence-electron chi connectivity index (χ0n) is 13.1. The second kappa shape index (κ2) is 7.62. The predicted molar refractivity (Wildman–Crippen MR) is 91.1 cm³/mol. The van der Waals surface area contributed by atoms with Gasteiger partial charge in [-0.3, -0.25) is 20.2 Å². The fraction of sp³-hybridized carbons (Fsp3) is 0.0625. The van der Waals surface area contributed by atoms with Gasteiger partial charge in [-0.2, -0.15) is 0 Å². The number of anilines is 1. The number of rotatable bonds is 6. The highest BCUT2D eigenvalue weighted by Gasteiger charge is 2.16. The van der Waals surface area contributed by atoms with E-state index in [0.29, 0.717) is 10.6 Å². The molecule has 0 bridgehead atoms. The number of carbonyl (C=O) groups is 1. The minimum atomic E-state index is -0.555. The third-order valence-electron chi connectivity index (χ3n) is 3.21. The molecule has 0 fully saturated rings. The van der Waals surface area contributed by atoms with Gasteiger partial charge >= 0.3 is 11.7 Å². The van der Waals surface area contributed by atoms with Gasteiger partial charge in [0.1, 0.15) is 0 Å². The molecule has 10 heteroatoms. The van der Waals surface area contributed by atoms with Crippen LogP contribution in [0.15, 0.2) is 52.9 Å². The van der Waals surface area contributed by atoms with Crippen LogP contribution in [0.1, 0.15) is 16.2 Å². The van der Waals surface area contributed by atoms with Gasteiger partial charge in [0.15, 0.2) is 12.4 Å². The molecule has 0 aliphatic rings. The van der Waals surface area contributed by atoms with E-state index < -0.39 is 10.8 Å². The highest BCUT2D eigenvalue weighted by Crippen LogP contribution is 2.26. The van der Waals surface area contributed by atoms with Gasteiger partial charge in [0, 0.05) is 16.7 Å². The van der Waals surface area contributed by atoms with Gasteiger partial charge in [0.2, 0.25) is 0 Å². The standard InChI is InChI=1S/C16H11ClN4O5/c17-11-7-5-10(6-8-11)15(22)18-16-20-19-14(26-16)9-25-13-4-2-1-3-12(13)21(23)24/h1-8H,9H2,(H,18,20,22). The van der Waals surface area contributed by atoms with Crippen molar-refractivity contribution in [3.05, 3.63) is 75.1 Å². The molecule has 0 aliphatic carbocycles. The van der Waals surface area contributed by atoms with Crippen LogP contribution < -0.4 is 10.1 Å². The Morgan fingerprint density at radius 3 is 2.65 bits per heavy atom. The third kappa shape index (κ3) is 4.14. The fourth-order valence-corrected chi connectivity index (χ4v) is 2.13. The van der Waals surface area contributed by atoms with E-state index in [4.69, 9.17) is 20.8 Å². The molecular weight excluding hydrogens is 364 g/mol. The summed E-state index contributed by atoms with van der Waals surface area (Å²) in [6.45, 7) is -0.186. The summed E-state index contributed by atoms with van der Waals surface area (Å²) in [4.78, 5) is 22.4. The Morgan fingerprint density at radius 1 is 1.19 bits per heavy atom. The molecule has 0 atom stereocenters. The summed E-state index contributed by atoms with van der Waals surface area (Å²) in [6, 6.07) is 12.0. The lowest BCUT2D eigenvalue weighted by Crippen LogP contribution is -2.11. The zero-order chi connectivity index (χ0) is 18.5. The summed E-state index contributed by atoms with van der Waals surface area (Å²) in [5, 5.41) is 21.3. The van der Waals surface area contributed by atoms with Crippen molar-refractivity contribution in [3.8, 4) is 5.75 Å². The van der Waals surface area contributed by atoms with Gasteiger partial charge in [-0.15, -0.1) is 5.10 Å². The summed E-state index contributed by atoms with van der Waals surface area (Å²) in [7, 11) is 0. The number of nitrogens with zero attached hydrogens (tertiary/aromatic N) is 3. The Bertz CT molecular complexity index is 942. The lowest BCUT2D eigenvalue weighted by Gasteiger charge is -2.03. The van der Waals surface area contributed by atoms with Crippen LogP contribution in [0.3, 0.4) is 0 Å². The van der Waals surface area contributed by atoms with E-state index in [0.717, 1.165) is 0 Å². The van der Waals surface area contributed by atoms with E-state index >= 15 is 0 Å². The number of benzene rings is 2. The SMILES string of the molecule is O=C(Nc1nnc(COc2ccccc2[N+](=O)[O-])o1)c1ccc(Cl)cc1. The van der Waals surface area contributed by atoms with Crippen molar-refractivity contribution in [1.29, 1.82) is 0 Å². The van der Waals surface area contributed by atoms with Crippen LogP contribution in [-0.4, -0.2) is 21.0 Å². The second-order valence-electron chi connectivity index (χ2n) is 4.98. The van der Waals surface area contributed by atoms with Crippen LogP contribution in [0.2, 0.25) is 5.02 Å². The van der Waals surface area contributed by atoms with Crippen LogP contribution in [0, 0.1) is 10.1 Å². The first kappa shape index (κ1) is 17.4. The van der Waals surface area contributed by atoms with E-state index in [1.54, 1.807) is 30.3 Å². The van der Waals surface area contributed by atoms with Crippen molar-refractivity contribution in [2.45, 2.75) is 6.61 Å². The maximum absolute atomic E-state index is 12.0. The van der Waals surface area contributed by atoms with Crippen molar-refractivity contribution in [1.82, 2.24) is 10.2 Å². The molecule has 3 rings (SSSR count). The van der Waals surface area contributed by atoms with Crippen molar-refractivity contribution in [3.63, 3.8) is 0 Å². The molecule has 1 amide bonds. The van der Waals surface area contributed by atoms with Crippen molar-refractivity contribution >= 4 is 29.2 Å². The Morgan fingerprint density at radius 2 is 1.92 bits per heavy atom. The van der Waals surface area contributed by atoms with Crippen molar-refractivity contribution in [2.24, 2.45) is 0 Å². The molecule has 9 nitrogen and oxygen atoms in total. The van der Waals surface area contributed by atoms with Gasteiger partial charge in [0.25, 0.3) is 11.8 Å². The molecule has 0 aliphatic heterocycles. The first-order valence-corrected chi connectivity index (χ1v) is 7.66. The molecule has 0 unspecified atom stereocenters. The monoisotopic (exact) mass is 374 g/mol. The fourth-order valence-electron chi connectivity index (χ4n) is 2.00. The van der Waals surface area contributed by atoms with Crippen LogP contribution in [-0.2, 0) is 6.61 Å². The molecule has 0 saturated heterocycles. The second-order valence-corrected chi connectivity index (χ2v) is 5.41. The largest absolute Gasteiger partial charge is 0.477 e. The number of nitrogens with one attached hydrogen (secondary N) is 1. The Labute approximate surface area is 151 Å². The highest BCUT2D eigenvalue weighted by atomic mass is 35.5. The van der Waals surface area contributed by atoms with Gasteiger partial charge in [0.05, 0.1) is 4.92 Å². The smallest absolute Gasteiger partial charge is 0.322 e. The van der Waals surface area contributed by atoms with Crippen molar-refractivity contribution in [2.75, 3.05) is 5.32 Å². The first-order chi connectivity index (χ1) is 12.5. The number of nitro benzene ring substituents is 1. The van der Waals surface area contributed by atoms with Crippen molar-refractivity contribution < 1.29 is 18.9 Å². The molecule has 0 saturated carbocycles. The molecule has 132 valence electrons. The van der Waals surface area contributed by atoms with Gasteiger partial charge in [-0.1, -0.05) is 28.8 Å². The number of halogens is 1. The Hall–Kier alpha value is -3.46. The maximum atomic E-state index is 12.0. The Balaban J connectivity index is 1.62.